The third kappa shape index (κ3) is 2.71. The second-order valence-corrected chi connectivity index (χ2v) is 5.00. The molecule has 0 aliphatic carbocycles. The van der Waals surface area contributed by atoms with Crippen molar-refractivity contribution in [3.05, 3.63) is 10.9 Å². The molecule has 0 fully saturated rings. The van der Waals surface area contributed by atoms with Crippen molar-refractivity contribution in [2.75, 3.05) is 18.5 Å². The zero-order valence-corrected chi connectivity index (χ0v) is 11.3. The molecule has 0 saturated carbocycles. The van der Waals surface area contributed by atoms with Gasteiger partial charge in [0.1, 0.15) is 11.4 Å². The number of terminal acetylenes is 1. The number of nitrogens with one attached hydrogen (secondary N) is 1. The van der Waals surface area contributed by atoms with Crippen molar-refractivity contribution < 1.29 is 4.74 Å². The quantitative estimate of drug-likeness (QED) is 0.664. The number of nitrogens with zero attached hydrogens (tertiary/aromatic N) is 2. The van der Waals surface area contributed by atoms with Crippen LogP contribution >= 0.6 is 11.3 Å². The third-order valence-corrected chi connectivity index (χ3v) is 3.25. The Morgan fingerprint density at radius 1 is 1.50 bits per heavy atom. The molecular weight excluding hydrogens is 246 g/mol. The van der Waals surface area contributed by atoms with Crippen molar-refractivity contribution in [1.82, 2.24) is 9.97 Å². The van der Waals surface area contributed by atoms with Crippen molar-refractivity contribution in [2.24, 2.45) is 0 Å². The van der Waals surface area contributed by atoms with Gasteiger partial charge in [0.15, 0.2) is 0 Å². The second-order valence-electron chi connectivity index (χ2n) is 3.76. The number of ether oxygens (including phenoxy) is 1. The summed E-state index contributed by atoms with van der Waals surface area (Å²) in [5.41, 5.74) is 0. The third-order valence-electron chi connectivity index (χ3n) is 2.30. The molecule has 4 nitrogen and oxygen atoms in total. The Morgan fingerprint density at radius 2 is 2.33 bits per heavy atom. The molecule has 0 unspecified atom stereocenters. The largest absolute Gasteiger partial charge is 0.476 e. The van der Waals surface area contributed by atoms with Crippen LogP contribution in [0, 0.1) is 19.3 Å². The number of aryl methyl sites for hydroxylation is 1. The topological polar surface area (TPSA) is 47.0 Å². The molecule has 0 aromatic carbocycles. The van der Waals surface area contributed by atoms with E-state index >= 15 is 0 Å². The molecule has 5 heteroatoms. The number of aromatic nitrogens is 2. The molecule has 2 heterocycles. The Morgan fingerprint density at radius 3 is 3.06 bits per heavy atom. The number of hydrogen-bond acceptors (Lipinski definition) is 5. The summed E-state index contributed by atoms with van der Waals surface area (Å²) in [6, 6.07) is 2.04. The van der Waals surface area contributed by atoms with Gasteiger partial charge in [-0.05, 0) is 19.9 Å². The summed E-state index contributed by atoms with van der Waals surface area (Å²) in [4.78, 5) is 10.9. The summed E-state index contributed by atoms with van der Waals surface area (Å²) in [6.07, 6.45) is 5.79. The molecule has 1 N–H and O–H groups in total. The van der Waals surface area contributed by atoms with Gasteiger partial charge >= 0.3 is 0 Å². The maximum absolute atomic E-state index is 5.63. The fraction of sp³-hybridized carbons (Fsp3) is 0.385. The van der Waals surface area contributed by atoms with Gasteiger partial charge in [0.2, 0.25) is 11.8 Å². The van der Waals surface area contributed by atoms with E-state index in [0.29, 0.717) is 24.9 Å². The van der Waals surface area contributed by atoms with Crippen molar-refractivity contribution in [1.29, 1.82) is 0 Å². The lowest BCUT2D eigenvalue weighted by Gasteiger charge is -2.07. The molecule has 2 aromatic rings. The SMILES string of the molecule is C#CCCOc1nc(NCC)nc2sc(C)cc12. The van der Waals surface area contributed by atoms with Gasteiger partial charge < -0.3 is 10.1 Å². The molecule has 0 bridgehead atoms. The van der Waals surface area contributed by atoms with Crippen LogP contribution < -0.4 is 10.1 Å². The van der Waals surface area contributed by atoms with Crippen LogP contribution in [-0.2, 0) is 0 Å². The highest BCUT2D eigenvalue weighted by atomic mass is 32.1. The summed E-state index contributed by atoms with van der Waals surface area (Å²) < 4.78 is 5.63. The minimum atomic E-state index is 0.475. The van der Waals surface area contributed by atoms with Gasteiger partial charge in [-0.1, -0.05) is 0 Å². The Bertz CT molecular complexity index is 586. The lowest BCUT2D eigenvalue weighted by Crippen LogP contribution is -2.05. The molecule has 94 valence electrons. The first-order valence-electron chi connectivity index (χ1n) is 5.83. The summed E-state index contributed by atoms with van der Waals surface area (Å²) in [6.45, 7) is 5.30. The average Bonchev–Trinajstić information content (AvgIpc) is 2.70. The van der Waals surface area contributed by atoms with Crippen molar-refractivity contribution in [3.63, 3.8) is 0 Å². The summed E-state index contributed by atoms with van der Waals surface area (Å²) in [5, 5.41) is 4.06. The monoisotopic (exact) mass is 261 g/mol. The standard InChI is InChI=1S/C13H15N3OS/c1-4-6-7-17-11-10-8-9(3)18-12(10)16-13(15-11)14-5-2/h1,8H,5-7H2,2-3H3,(H,14,15,16). The lowest BCUT2D eigenvalue weighted by atomic mass is 10.3. The number of anilines is 1. The molecule has 0 atom stereocenters. The van der Waals surface area contributed by atoms with Crippen molar-refractivity contribution >= 4 is 27.5 Å². The van der Waals surface area contributed by atoms with E-state index in [1.807, 2.05) is 19.9 Å². The van der Waals surface area contributed by atoms with E-state index in [-0.39, 0.29) is 0 Å². The average molecular weight is 261 g/mol. The van der Waals surface area contributed by atoms with Gasteiger partial charge in [-0.2, -0.15) is 4.98 Å². The first kappa shape index (κ1) is 12.7. The highest BCUT2D eigenvalue weighted by Crippen LogP contribution is 2.30. The zero-order valence-electron chi connectivity index (χ0n) is 10.5. The number of hydrogen-bond donors (Lipinski definition) is 1. The molecule has 0 spiro atoms. The van der Waals surface area contributed by atoms with E-state index in [2.05, 4.69) is 21.2 Å². The van der Waals surface area contributed by atoms with Crippen molar-refractivity contribution in [3.8, 4) is 18.2 Å². The Labute approximate surface area is 110 Å². The van der Waals surface area contributed by atoms with E-state index in [0.717, 1.165) is 16.8 Å². The van der Waals surface area contributed by atoms with Crippen LogP contribution in [0.5, 0.6) is 5.88 Å². The predicted octanol–water partition coefficient (Wildman–Crippen LogP) is 2.83. The summed E-state index contributed by atoms with van der Waals surface area (Å²) in [5.74, 6) is 3.76. The van der Waals surface area contributed by atoms with E-state index in [1.165, 1.54) is 4.88 Å². The maximum atomic E-state index is 5.63. The minimum Gasteiger partial charge on any atom is -0.476 e. The molecule has 0 aliphatic heterocycles. The molecule has 0 radical (unpaired) electrons. The molecule has 18 heavy (non-hydrogen) atoms. The Kier molecular flexibility index (Phi) is 4.00. The molecule has 0 amide bonds. The Hall–Kier alpha value is -1.80. The summed E-state index contributed by atoms with van der Waals surface area (Å²) >= 11 is 1.63. The van der Waals surface area contributed by atoms with Gasteiger partial charge in [0, 0.05) is 17.8 Å². The van der Waals surface area contributed by atoms with Crippen LogP contribution in [0.2, 0.25) is 0 Å². The fourth-order valence-corrected chi connectivity index (χ4v) is 2.44. The zero-order chi connectivity index (χ0) is 13.0. The minimum absolute atomic E-state index is 0.475. The van der Waals surface area contributed by atoms with Crippen LogP contribution in [0.4, 0.5) is 5.95 Å². The molecule has 2 rings (SSSR count). The number of rotatable bonds is 5. The fourth-order valence-electron chi connectivity index (χ4n) is 1.57. The molecule has 0 saturated heterocycles. The number of fused-ring (bicyclic) bond motifs is 1. The first-order chi connectivity index (χ1) is 8.74. The van der Waals surface area contributed by atoms with Crippen LogP contribution in [0.3, 0.4) is 0 Å². The highest BCUT2D eigenvalue weighted by Gasteiger charge is 2.11. The normalized spacial score (nSPS) is 10.3. The maximum Gasteiger partial charge on any atom is 0.227 e. The second kappa shape index (κ2) is 5.69. The van der Waals surface area contributed by atoms with Gasteiger partial charge in [-0.25, -0.2) is 4.98 Å². The van der Waals surface area contributed by atoms with E-state index in [9.17, 15) is 0 Å². The van der Waals surface area contributed by atoms with Crippen molar-refractivity contribution in [2.45, 2.75) is 20.3 Å². The van der Waals surface area contributed by atoms with Crippen LogP contribution in [-0.4, -0.2) is 23.1 Å². The van der Waals surface area contributed by atoms with Crippen LogP contribution in [0.15, 0.2) is 6.07 Å². The van der Waals surface area contributed by atoms with Gasteiger partial charge in [0.05, 0.1) is 5.39 Å². The van der Waals surface area contributed by atoms with E-state index in [4.69, 9.17) is 11.2 Å². The summed E-state index contributed by atoms with van der Waals surface area (Å²) in [7, 11) is 0. The number of thiophene rings is 1. The Balaban J connectivity index is 2.37. The van der Waals surface area contributed by atoms with Crippen LogP contribution in [0.25, 0.3) is 10.2 Å². The lowest BCUT2D eigenvalue weighted by molar-refractivity contribution is 0.319. The highest BCUT2D eigenvalue weighted by molar-refractivity contribution is 7.18. The van der Waals surface area contributed by atoms with Gasteiger partial charge in [-0.3, -0.25) is 0 Å². The molecule has 0 aliphatic rings. The smallest absolute Gasteiger partial charge is 0.227 e. The van der Waals surface area contributed by atoms with Gasteiger partial charge in [0.25, 0.3) is 0 Å². The first-order valence-corrected chi connectivity index (χ1v) is 6.64. The van der Waals surface area contributed by atoms with Crippen LogP contribution in [0.1, 0.15) is 18.2 Å². The van der Waals surface area contributed by atoms with E-state index < -0.39 is 0 Å². The predicted molar refractivity (Wildman–Crippen MR) is 75.3 cm³/mol. The van der Waals surface area contributed by atoms with E-state index in [1.54, 1.807) is 11.3 Å². The van der Waals surface area contributed by atoms with Gasteiger partial charge in [-0.15, -0.1) is 23.7 Å². The molecular formula is C13H15N3OS. The molecule has 2 aromatic heterocycles.